The second-order valence-corrected chi connectivity index (χ2v) is 5.94. The Morgan fingerprint density at radius 1 is 1.14 bits per heavy atom. The second kappa shape index (κ2) is 7.59. The lowest BCUT2D eigenvalue weighted by atomic mass is 10.1. The number of amides is 1. The lowest BCUT2D eigenvalue weighted by molar-refractivity contribution is 0.0963. The SMILES string of the molecule is CNC(=O)c1ccc(CNCc2ccc(Br)cc2Cl)cc1. The van der Waals surface area contributed by atoms with Crippen LogP contribution >= 0.6 is 27.5 Å². The fraction of sp³-hybridized carbons (Fsp3) is 0.188. The van der Waals surface area contributed by atoms with Gasteiger partial charge >= 0.3 is 0 Å². The van der Waals surface area contributed by atoms with E-state index in [2.05, 4.69) is 26.6 Å². The van der Waals surface area contributed by atoms with E-state index in [0.29, 0.717) is 12.1 Å². The first kappa shape index (κ1) is 16.0. The van der Waals surface area contributed by atoms with Crippen LogP contribution in [0.2, 0.25) is 5.02 Å². The summed E-state index contributed by atoms with van der Waals surface area (Å²) in [6.07, 6.45) is 0. The molecule has 1 amide bonds. The Bertz CT molecular complexity index is 629. The average Bonchev–Trinajstić information content (AvgIpc) is 2.49. The number of hydrogen-bond donors (Lipinski definition) is 2. The van der Waals surface area contributed by atoms with Crippen molar-refractivity contribution in [2.24, 2.45) is 0 Å². The van der Waals surface area contributed by atoms with Crippen LogP contribution in [0.1, 0.15) is 21.5 Å². The van der Waals surface area contributed by atoms with Crippen molar-refractivity contribution in [2.75, 3.05) is 7.05 Å². The van der Waals surface area contributed by atoms with Gasteiger partial charge in [-0.2, -0.15) is 0 Å². The summed E-state index contributed by atoms with van der Waals surface area (Å²) < 4.78 is 0.973. The summed E-state index contributed by atoms with van der Waals surface area (Å²) in [6, 6.07) is 13.4. The van der Waals surface area contributed by atoms with Gasteiger partial charge in [0.05, 0.1) is 0 Å². The first-order chi connectivity index (χ1) is 10.1. The lowest BCUT2D eigenvalue weighted by Gasteiger charge is -2.08. The Balaban J connectivity index is 1.90. The molecule has 2 rings (SSSR count). The van der Waals surface area contributed by atoms with Gasteiger partial charge in [0, 0.05) is 35.2 Å². The van der Waals surface area contributed by atoms with Crippen LogP contribution in [0.25, 0.3) is 0 Å². The molecule has 0 spiro atoms. The third-order valence-electron chi connectivity index (χ3n) is 3.10. The monoisotopic (exact) mass is 366 g/mol. The van der Waals surface area contributed by atoms with E-state index in [0.717, 1.165) is 27.2 Å². The summed E-state index contributed by atoms with van der Waals surface area (Å²) in [5.74, 6) is -0.0730. The van der Waals surface area contributed by atoms with Crippen molar-refractivity contribution in [1.82, 2.24) is 10.6 Å². The molecule has 0 saturated carbocycles. The zero-order chi connectivity index (χ0) is 15.2. The van der Waals surface area contributed by atoms with E-state index in [1.807, 2.05) is 42.5 Å². The maximum atomic E-state index is 11.4. The van der Waals surface area contributed by atoms with Gasteiger partial charge in [-0.25, -0.2) is 0 Å². The lowest BCUT2D eigenvalue weighted by Crippen LogP contribution is -2.18. The summed E-state index contributed by atoms with van der Waals surface area (Å²) in [5, 5.41) is 6.69. The molecule has 2 aromatic rings. The van der Waals surface area contributed by atoms with Crippen LogP contribution in [0.4, 0.5) is 0 Å². The fourth-order valence-corrected chi connectivity index (χ4v) is 2.67. The molecule has 0 saturated heterocycles. The molecule has 2 aromatic carbocycles. The molecular formula is C16H16BrClN2O. The van der Waals surface area contributed by atoms with Crippen LogP contribution < -0.4 is 10.6 Å². The highest BCUT2D eigenvalue weighted by Gasteiger charge is 2.03. The smallest absolute Gasteiger partial charge is 0.251 e. The molecule has 0 unspecified atom stereocenters. The molecule has 0 aliphatic heterocycles. The standard InChI is InChI=1S/C16H16BrClN2O/c1-19-16(21)12-4-2-11(3-5-12)9-20-10-13-6-7-14(17)8-15(13)18/h2-8,20H,9-10H2,1H3,(H,19,21). The Kier molecular flexibility index (Phi) is 5.79. The highest BCUT2D eigenvalue weighted by Crippen LogP contribution is 2.21. The van der Waals surface area contributed by atoms with Crippen molar-refractivity contribution < 1.29 is 4.79 Å². The molecule has 0 aliphatic rings. The molecule has 0 atom stereocenters. The molecule has 2 N–H and O–H groups in total. The molecule has 0 heterocycles. The maximum Gasteiger partial charge on any atom is 0.251 e. The number of hydrogen-bond acceptors (Lipinski definition) is 2. The first-order valence-electron chi connectivity index (χ1n) is 6.56. The first-order valence-corrected chi connectivity index (χ1v) is 7.73. The number of rotatable bonds is 5. The van der Waals surface area contributed by atoms with Crippen LogP contribution in [-0.2, 0) is 13.1 Å². The number of carbonyl (C=O) groups is 1. The molecule has 0 bridgehead atoms. The average molecular weight is 368 g/mol. The van der Waals surface area contributed by atoms with Gasteiger partial charge in [-0.15, -0.1) is 0 Å². The Hall–Kier alpha value is -1.36. The van der Waals surface area contributed by atoms with Crippen LogP contribution in [0.3, 0.4) is 0 Å². The van der Waals surface area contributed by atoms with Crippen LogP contribution in [0.15, 0.2) is 46.9 Å². The quantitative estimate of drug-likeness (QED) is 0.845. The van der Waals surface area contributed by atoms with Crippen molar-refractivity contribution in [3.63, 3.8) is 0 Å². The molecular weight excluding hydrogens is 352 g/mol. The Morgan fingerprint density at radius 3 is 2.48 bits per heavy atom. The molecule has 0 radical (unpaired) electrons. The molecule has 21 heavy (non-hydrogen) atoms. The van der Waals surface area contributed by atoms with Gasteiger partial charge < -0.3 is 10.6 Å². The van der Waals surface area contributed by atoms with Gasteiger partial charge in [-0.1, -0.05) is 45.7 Å². The van der Waals surface area contributed by atoms with Crippen molar-refractivity contribution in [3.8, 4) is 0 Å². The maximum absolute atomic E-state index is 11.4. The number of carbonyl (C=O) groups excluding carboxylic acids is 1. The number of benzene rings is 2. The van der Waals surface area contributed by atoms with Crippen LogP contribution in [0.5, 0.6) is 0 Å². The van der Waals surface area contributed by atoms with Crippen LogP contribution in [-0.4, -0.2) is 13.0 Å². The molecule has 0 aromatic heterocycles. The van der Waals surface area contributed by atoms with Gasteiger partial charge in [0.25, 0.3) is 5.91 Å². The van der Waals surface area contributed by atoms with E-state index >= 15 is 0 Å². The van der Waals surface area contributed by atoms with Gasteiger partial charge in [0.15, 0.2) is 0 Å². The summed E-state index contributed by atoms with van der Waals surface area (Å²) in [5.41, 5.74) is 2.84. The molecule has 3 nitrogen and oxygen atoms in total. The van der Waals surface area contributed by atoms with E-state index in [9.17, 15) is 4.79 Å². The fourth-order valence-electron chi connectivity index (χ4n) is 1.92. The minimum absolute atomic E-state index is 0.0730. The van der Waals surface area contributed by atoms with Gasteiger partial charge in [0.2, 0.25) is 0 Å². The Morgan fingerprint density at radius 2 is 1.86 bits per heavy atom. The van der Waals surface area contributed by atoms with E-state index in [-0.39, 0.29) is 5.91 Å². The van der Waals surface area contributed by atoms with Gasteiger partial charge in [-0.3, -0.25) is 4.79 Å². The molecule has 0 aliphatic carbocycles. The normalized spacial score (nSPS) is 10.4. The van der Waals surface area contributed by atoms with Crippen molar-refractivity contribution in [3.05, 3.63) is 68.7 Å². The third-order valence-corrected chi connectivity index (χ3v) is 3.95. The molecule has 0 fully saturated rings. The van der Waals surface area contributed by atoms with Crippen molar-refractivity contribution in [1.29, 1.82) is 0 Å². The van der Waals surface area contributed by atoms with Crippen molar-refractivity contribution in [2.45, 2.75) is 13.1 Å². The summed E-state index contributed by atoms with van der Waals surface area (Å²) in [6.45, 7) is 1.42. The minimum Gasteiger partial charge on any atom is -0.355 e. The van der Waals surface area contributed by atoms with E-state index in [4.69, 9.17) is 11.6 Å². The predicted octanol–water partition coefficient (Wildman–Crippen LogP) is 3.75. The summed E-state index contributed by atoms with van der Waals surface area (Å²) in [7, 11) is 1.62. The highest BCUT2D eigenvalue weighted by atomic mass is 79.9. The summed E-state index contributed by atoms with van der Waals surface area (Å²) >= 11 is 9.56. The number of nitrogens with one attached hydrogen (secondary N) is 2. The zero-order valence-electron chi connectivity index (χ0n) is 11.6. The van der Waals surface area contributed by atoms with E-state index in [1.165, 1.54) is 0 Å². The van der Waals surface area contributed by atoms with E-state index in [1.54, 1.807) is 7.05 Å². The second-order valence-electron chi connectivity index (χ2n) is 4.62. The van der Waals surface area contributed by atoms with Gasteiger partial charge in [0.1, 0.15) is 0 Å². The topological polar surface area (TPSA) is 41.1 Å². The minimum atomic E-state index is -0.0730. The number of halogens is 2. The zero-order valence-corrected chi connectivity index (χ0v) is 14.0. The largest absolute Gasteiger partial charge is 0.355 e. The molecule has 110 valence electrons. The molecule has 5 heteroatoms. The Labute approximate surface area is 137 Å². The van der Waals surface area contributed by atoms with Crippen molar-refractivity contribution >= 4 is 33.4 Å². The summed E-state index contributed by atoms with van der Waals surface area (Å²) in [4.78, 5) is 11.4. The highest BCUT2D eigenvalue weighted by molar-refractivity contribution is 9.10. The van der Waals surface area contributed by atoms with E-state index < -0.39 is 0 Å². The third kappa shape index (κ3) is 4.56. The van der Waals surface area contributed by atoms with Gasteiger partial charge in [-0.05, 0) is 35.4 Å². The predicted molar refractivity (Wildman–Crippen MR) is 89.5 cm³/mol. The van der Waals surface area contributed by atoms with Crippen LogP contribution in [0, 0.1) is 0 Å².